The molecule has 1 N–H and O–H groups in total. The lowest BCUT2D eigenvalue weighted by Gasteiger charge is -2.14. The predicted octanol–water partition coefficient (Wildman–Crippen LogP) is 3.57. The molecule has 94 valence electrons. The summed E-state index contributed by atoms with van der Waals surface area (Å²) in [6.07, 6.45) is 10.1. The van der Waals surface area contributed by atoms with Crippen molar-refractivity contribution in [3.63, 3.8) is 0 Å². The third kappa shape index (κ3) is 1.69. The number of nitrogens with zero attached hydrogens (tertiary/aromatic N) is 2. The maximum Gasteiger partial charge on any atom is 0.138 e. The average Bonchev–Trinajstić information content (AvgIpc) is 2.99. The molecule has 2 aliphatic rings. The molecule has 3 heteroatoms. The number of hydrogen-bond donors (Lipinski definition) is 1. The highest BCUT2D eigenvalue weighted by molar-refractivity contribution is 5.57. The minimum atomic E-state index is 0.655. The minimum Gasteiger partial charge on any atom is -0.367 e. The topological polar surface area (TPSA) is 29.3 Å². The lowest BCUT2D eigenvalue weighted by Crippen LogP contribution is -2.16. The quantitative estimate of drug-likeness (QED) is 0.890. The second kappa shape index (κ2) is 4.01. The average molecular weight is 241 g/mol. The van der Waals surface area contributed by atoms with E-state index >= 15 is 0 Å². The van der Waals surface area contributed by atoms with Crippen molar-refractivity contribution in [3.8, 4) is 0 Å². The molecule has 2 heterocycles. The molecular formula is C15H19N3. The van der Waals surface area contributed by atoms with E-state index < -0.39 is 0 Å². The number of rotatable bonds is 3. The zero-order chi connectivity index (χ0) is 11.9. The van der Waals surface area contributed by atoms with Crippen LogP contribution in [0.3, 0.4) is 0 Å². The third-order valence-corrected chi connectivity index (χ3v) is 4.22. The highest BCUT2D eigenvalue weighted by atomic mass is 15.1. The molecule has 0 bridgehead atoms. The monoisotopic (exact) mass is 241 g/mol. The zero-order valence-corrected chi connectivity index (χ0v) is 10.6. The van der Waals surface area contributed by atoms with Crippen LogP contribution in [0.2, 0.25) is 0 Å². The van der Waals surface area contributed by atoms with Crippen LogP contribution in [-0.4, -0.2) is 15.4 Å². The Morgan fingerprint density at radius 2 is 1.94 bits per heavy atom. The van der Waals surface area contributed by atoms with Crippen molar-refractivity contribution >= 4 is 11.5 Å². The molecule has 0 amide bonds. The van der Waals surface area contributed by atoms with Crippen molar-refractivity contribution in [2.75, 3.05) is 5.32 Å². The van der Waals surface area contributed by atoms with Crippen LogP contribution >= 0.6 is 0 Å². The van der Waals surface area contributed by atoms with E-state index in [9.17, 15) is 0 Å². The molecule has 0 atom stereocenters. The third-order valence-electron chi connectivity index (χ3n) is 4.22. The molecule has 0 unspecified atom stereocenters. The summed E-state index contributed by atoms with van der Waals surface area (Å²) in [5, 5.41) is 3.75. The summed E-state index contributed by atoms with van der Waals surface area (Å²) in [6, 6.07) is 6.91. The van der Waals surface area contributed by atoms with Gasteiger partial charge < -0.3 is 5.32 Å². The summed E-state index contributed by atoms with van der Waals surface area (Å²) in [4.78, 5) is 4.82. The van der Waals surface area contributed by atoms with Crippen molar-refractivity contribution in [2.24, 2.45) is 0 Å². The van der Waals surface area contributed by atoms with Gasteiger partial charge in [0.2, 0.25) is 0 Å². The molecule has 2 aromatic heterocycles. The summed E-state index contributed by atoms with van der Waals surface area (Å²) >= 11 is 0. The Bertz CT molecular complexity index is 562. The van der Waals surface area contributed by atoms with Gasteiger partial charge in [0.05, 0.1) is 5.69 Å². The molecule has 2 aliphatic carbocycles. The van der Waals surface area contributed by atoms with E-state index in [0.29, 0.717) is 12.0 Å². The maximum atomic E-state index is 4.82. The fraction of sp³-hybridized carbons (Fsp3) is 0.533. The standard InChI is InChI=1S/C15H19N3/c1-2-6-12(5-1)16-15-14(11-8-9-11)17-13-7-3-4-10-18(13)15/h3-4,7,10-12,16H,1-2,5-6,8-9H2. The first-order valence-electron chi connectivity index (χ1n) is 7.15. The van der Waals surface area contributed by atoms with Gasteiger partial charge in [-0.05, 0) is 37.8 Å². The van der Waals surface area contributed by atoms with Gasteiger partial charge in [-0.2, -0.15) is 0 Å². The summed E-state index contributed by atoms with van der Waals surface area (Å²) < 4.78 is 2.23. The van der Waals surface area contributed by atoms with Crippen LogP contribution in [0.4, 0.5) is 5.82 Å². The van der Waals surface area contributed by atoms with Crippen molar-refractivity contribution in [2.45, 2.75) is 50.5 Å². The van der Waals surface area contributed by atoms with Crippen LogP contribution in [0.1, 0.15) is 50.1 Å². The highest BCUT2D eigenvalue weighted by Gasteiger charge is 2.31. The van der Waals surface area contributed by atoms with Crippen LogP contribution < -0.4 is 5.32 Å². The van der Waals surface area contributed by atoms with Gasteiger partial charge in [-0.3, -0.25) is 4.40 Å². The SMILES string of the molecule is c1ccn2c(NC3CCCC3)c(C3CC3)nc2c1. The fourth-order valence-electron chi connectivity index (χ4n) is 3.06. The molecule has 18 heavy (non-hydrogen) atoms. The largest absolute Gasteiger partial charge is 0.367 e. The number of imidazole rings is 1. The molecule has 4 rings (SSSR count). The van der Waals surface area contributed by atoms with Crippen LogP contribution in [0.5, 0.6) is 0 Å². The van der Waals surface area contributed by atoms with E-state index in [2.05, 4.69) is 34.1 Å². The molecule has 0 aromatic carbocycles. The second-order valence-corrected chi connectivity index (χ2v) is 5.67. The van der Waals surface area contributed by atoms with E-state index in [1.54, 1.807) is 0 Å². The molecule has 2 aromatic rings. The van der Waals surface area contributed by atoms with Gasteiger partial charge in [-0.25, -0.2) is 4.98 Å². The number of anilines is 1. The van der Waals surface area contributed by atoms with Crippen molar-refractivity contribution < 1.29 is 0 Å². The van der Waals surface area contributed by atoms with Crippen LogP contribution in [-0.2, 0) is 0 Å². The molecule has 0 radical (unpaired) electrons. The normalized spacial score (nSPS) is 20.7. The van der Waals surface area contributed by atoms with Gasteiger partial charge in [0.25, 0.3) is 0 Å². The van der Waals surface area contributed by atoms with Gasteiger partial charge >= 0.3 is 0 Å². The number of nitrogens with one attached hydrogen (secondary N) is 1. The smallest absolute Gasteiger partial charge is 0.138 e. The Kier molecular flexibility index (Phi) is 2.32. The van der Waals surface area contributed by atoms with Gasteiger partial charge in [0.15, 0.2) is 0 Å². The molecule has 2 fully saturated rings. The first-order valence-corrected chi connectivity index (χ1v) is 7.15. The molecule has 2 saturated carbocycles. The van der Waals surface area contributed by atoms with Crippen LogP contribution in [0, 0.1) is 0 Å². The van der Waals surface area contributed by atoms with Crippen LogP contribution in [0.25, 0.3) is 5.65 Å². The van der Waals surface area contributed by atoms with E-state index in [-0.39, 0.29) is 0 Å². The number of fused-ring (bicyclic) bond motifs is 1. The number of hydrogen-bond acceptors (Lipinski definition) is 2. The molecule has 0 spiro atoms. The van der Waals surface area contributed by atoms with Gasteiger partial charge in [0.1, 0.15) is 11.5 Å². The summed E-state index contributed by atoms with van der Waals surface area (Å²) in [5.41, 5.74) is 2.38. The molecular weight excluding hydrogens is 222 g/mol. The Hall–Kier alpha value is -1.51. The van der Waals surface area contributed by atoms with Gasteiger partial charge in [0, 0.05) is 18.2 Å². The van der Waals surface area contributed by atoms with Crippen LogP contribution in [0.15, 0.2) is 24.4 Å². The highest BCUT2D eigenvalue weighted by Crippen LogP contribution is 2.43. The first-order chi connectivity index (χ1) is 8.92. The lowest BCUT2D eigenvalue weighted by atomic mass is 10.2. The minimum absolute atomic E-state index is 0.655. The Morgan fingerprint density at radius 1 is 1.11 bits per heavy atom. The molecule has 3 nitrogen and oxygen atoms in total. The second-order valence-electron chi connectivity index (χ2n) is 5.67. The van der Waals surface area contributed by atoms with Crippen molar-refractivity contribution in [1.82, 2.24) is 9.38 Å². The van der Waals surface area contributed by atoms with Gasteiger partial charge in [-0.1, -0.05) is 18.9 Å². The lowest BCUT2D eigenvalue weighted by molar-refractivity contribution is 0.746. The number of pyridine rings is 1. The van der Waals surface area contributed by atoms with Crippen molar-refractivity contribution in [3.05, 3.63) is 30.1 Å². The van der Waals surface area contributed by atoms with E-state index in [1.807, 2.05) is 0 Å². The fourth-order valence-corrected chi connectivity index (χ4v) is 3.06. The maximum absolute atomic E-state index is 4.82. The summed E-state index contributed by atoms with van der Waals surface area (Å²) in [5.74, 6) is 1.97. The van der Waals surface area contributed by atoms with Crippen molar-refractivity contribution in [1.29, 1.82) is 0 Å². The summed E-state index contributed by atoms with van der Waals surface area (Å²) in [6.45, 7) is 0. The Morgan fingerprint density at radius 3 is 2.72 bits per heavy atom. The zero-order valence-electron chi connectivity index (χ0n) is 10.6. The Labute approximate surface area is 107 Å². The molecule has 0 aliphatic heterocycles. The first kappa shape index (κ1) is 10.4. The van der Waals surface area contributed by atoms with E-state index in [4.69, 9.17) is 4.98 Å². The van der Waals surface area contributed by atoms with E-state index in [1.165, 1.54) is 50.0 Å². The van der Waals surface area contributed by atoms with Gasteiger partial charge in [-0.15, -0.1) is 0 Å². The summed E-state index contributed by atoms with van der Waals surface area (Å²) in [7, 11) is 0. The predicted molar refractivity (Wildman–Crippen MR) is 73.0 cm³/mol. The Balaban J connectivity index is 1.77. The van der Waals surface area contributed by atoms with E-state index in [0.717, 1.165) is 5.65 Å². The molecule has 0 saturated heterocycles. The number of aromatic nitrogens is 2.